The molecule has 0 aliphatic heterocycles. The van der Waals surface area contributed by atoms with E-state index in [1.807, 2.05) is 23.9 Å². The molecule has 0 saturated heterocycles. The van der Waals surface area contributed by atoms with Gasteiger partial charge in [0.2, 0.25) is 0 Å². The summed E-state index contributed by atoms with van der Waals surface area (Å²) in [6.45, 7) is 0. The minimum Gasteiger partial charge on any atom is -0.313 e. The summed E-state index contributed by atoms with van der Waals surface area (Å²) in [5.41, 5.74) is 5.53. The fraction of sp³-hybridized carbons (Fsp3) is 0.538. The van der Waals surface area contributed by atoms with Crippen molar-refractivity contribution in [3.8, 4) is 6.07 Å². The predicted molar refractivity (Wildman–Crippen MR) is 69.5 cm³/mol. The molecule has 1 saturated carbocycles. The number of thioether (sulfide) groups is 1. The standard InChI is InChI=1S/C13H17N3S/c14-10-13(15)6-1-2-11(13)5-9-17-12-3-7-16-8-4-12/h3-4,7-8,11H,1-2,5-6,9,15H2. The lowest BCUT2D eigenvalue weighted by molar-refractivity contribution is 0.389. The van der Waals surface area contributed by atoms with E-state index in [1.54, 1.807) is 12.4 Å². The lowest BCUT2D eigenvalue weighted by Gasteiger charge is -2.23. The van der Waals surface area contributed by atoms with Gasteiger partial charge in [-0.2, -0.15) is 5.26 Å². The molecular weight excluding hydrogens is 230 g/mol. The maximum Gasteiger partial charge on any atom is 0.107 e. The first-order valence-electron chi connectivity index (χ1n) is 5.97. The molecule has 2 N–H and O–H groups in total. The second-order valence-corrected chi connectivity index (χ2v) is 5.73. The fourth-order valence-corrected chi connectivity index (χ4v) is 3.36. The molecule has 0 radical (unpaired) electrons. The van der Waals surface area contributed by atoms with Crippen LogP contribution in [-0.2, 0) is 0 Å². The zero-order chi connectivity index (χ0) is 12.1. The van der Waals surface area contributed by atoms with Crippen molar-refractivity contribution in [1.82, 2.24) is 4.98 Å². The molecule has 1 aromatic heterocycles. The van der Waals surface area contributed by atoms with Gasteiger partial charge in [-0.25, -0.2) is 0 Å². The molecule has 1 aromatic rings. The topological polar surface area (TPSA) is 62.7 Å². The molecular formula is C13H17N3S. The monoisotopic (exact) mass is 247 g/mol. The van der Waals surface area contributed by atoms with Gasteiger partial charge in [0, 0.05) is 17.3 Å². The highest BCUT2D eigenvalue weighted by molar-refractivity contribution is 7.99. The minimum atomic E-state index is -0.571. The van der Waals surface area contributed by atoms with Gasteiger partial charge in [0.1, 0.15) is 5.54 Å². The van der Waals surface area contributed by atoms with Crippen LogP contribution in [0.5, 0.6) is 0 Å². The molecule has 1 aliphatic rings. The van der Waals surface area contributed by atoms with Crippen molar-refractivity contribution in [2.45, 2.75) is 36.1 Å². The summed E-state index contributed by atoms with van der Waals surface area (Å²) in [7, 11) is 0. The summed E-state index contributed by atoms with van der Waals surface area (Å²) in [6.07, 6.45) is 7.68. The highest BCUT2D eigenvalue weighted by atomic mass is 32.2. The van der Waals surface area contributed by atoms with Crippen LogP contribution in [0.3, 0.4) is 0 Å². The van der Waals surface area contributed by atoms with Gasteiger partial charge in [-0.1, -0.05) is 6.42 Å². The summed E-state index contributed by atoms with van der Waals surface area (Å²) in [6, 6.07) is 6.32. The second kappa shape index (κ2) is 5.52. The average molecular weight is 247 g/mol. The Kier molecular flexibility index (Phi) is 4.03. The van der Waals surface area contributed by atoms with Crippen molar-refractivity contribution >= 4 is 11.8 Å². The van der Waals surface area contributed by atoms with Crippen LogP contribution in [0, 0.1) is 17.2 Å². The summed E-state index contributed by atoms with van der Waals surface area (Å²) < 4.78 is 0. The minimum absolute atomic E-state index is 0.363. The van der Waals surface area contributed by atoms with Gasteiger partial charge in [-0.3, -0.25) is 4.98 Å². The maximum atomic E-state index is 9.12. The van der Waals surface area contributed by atoms with E-state index in [4.69, 9.17) is 11.0 Å². The fourth-order valence-electron chi connectivity index (χ4n) is 2.41. The Labute approximate surface area is 106 Å². The van der Waals surface area contributed by atoms with Crippen LogP contribution in [-0.4, -0.2) is 16.3 Å². The molecule has 0 spiro atoms. The molecule has 90 valence electrons. The molecule has 1 heterocycles. The van der Waals surface area contributed by atoms with Crippen LogP contribution >= 0.6 is 11.8 Å². The third-order valence-electron chi connectivity index (χ3n) is 3.46. The summed E-state index contributed by atoms with van der Waals surface area (Å²) in [5.74, 6) is 1.39. The summed E-state index contributed by atoms with van der Waals surface area (Å²) in [4.78, 5) is 5.22. The number of nitrogens with two attached hydrogens (primary N) is 1. The first-order valence-corrected chi connectivity index (χ1v) is 6.96. The lowest BCUT2D eigenvalue weighted by Crippen LogP contribution is -2.41. The van der Waals surface area contributed by atoms with E-state index in [2.05, 4.69) is 11.1 Å². The van der Waals surface area contributed by atoms with E-state index >= 15 is 0 Å². The predicted octanol–water partition coefficient (Wildman–Crippen LogP) is 2.58. The Morgan fingerprint density at radius 3 is 3.00 bits per heavy atom. The van der Waals surface area contributed by atoms with Crippen LogP contribution in [0.2, 0.25) is 0 Å². The molecule has 3 nitrogen and oxygen atoms in total. The normalized spacial score (nSPS) is 27.9. The Morgan fingerprint density at radius 1 is 1.53 bits per heavy atom. The Balaban J connectivity index is 1.81. The van der Waals surface area contributed by atoms with Crippen LogP contribution in [0.25, 0.3) is 0 Å². The van der Waals surface area contributed by atoms with Gasteiger partial charge >= 0.3 is 0 Å². The van der Waals surface area contributed by atoms with Crippen molar-refractivity contribution in [3.05, 3.63) is 24.5 Å². The van der Waals surface area contributed by atoms with Gasteiger partial charge in [0.25, 0.3) is 0 Å². The highest BCUT2D eigenvalue weighted by Crippen LogP contribution is 2.36. The lowest BCUT2D eigenvalue weighted by atomic mass is 9.88. The second-order valence-electron chi connectivity index (χ2n) is 4.56. The molecule has 0 bridgehead atoms. The number of hydrogen-bond acceptors (Lipinski definition) is 4. The van der Waals surface area contributed by atoms with Gasteiger partial charge < -0.3 is 5.73 Å². The number of hydrogen-bond donors (Lipinski definition) is 1. The Hall–Kier alpha value is -1.05. The summed E-state index contributed by atoms with van der Waals surface area (Å²) >= 11 is 1.81. The van der Waals surface area contributed by atoms with E-state index in [0.717, 1.165) is 31.4 Å². The average Bonchev–Trinajstić information content (AvgIpc) is 2.73. The summed E-state index contributed by atoms with van der Waals surface area (Å²) in [5, 5.41) is 9.12. The van der Waals surface area contributed by atoms with Gasteiger partial charge in [-0.05, 0) is 43.1 Å². The molecule has 2 atom stereocenters. The van der Waals surface area contributed by atoms with Crippen molar-refractivity contribution in [3.63, 3.8) is 0 Å². The number of pyridine rings is 1. The largest absolute Gasteiger partial charge is 0.313 e. The van der Waals surface area contributed by atoms with Crippen molar-refractivity contribution < 1.29 is 0 Å². The van der Waals surface area contributed by atoms with Crippen LogP contribution in [0.4, 0.5) is 0 Å². The van der Waals surface area contributed by atoms with E-state index in [-0.39, 0.29) is 0 Å². The quantitative estimate of drug-likeness (QED) is 0.831. The van der Waals surface area contributed by atoms with E-state index in [0.29, 0.717) is 5.92 Å². The van der Waals surface area contributed by atoms with Gasteiger partial charge in [0.15, 0.2) is 0 Å². The van der Waals surface area contributed by atoms with Crippen molar-refractivity contribution in [1.29, 1.82) is 5.26 Å². The molecule has 2 rings (SSSR count). The van der Waals surface area contributed by atoms with E-state index in [1.165, 1.54) is 4.90 Å². The molecule has 0 amide bonds. The number of nitriles is 1. The number of nitrogens with zero attached hydrogens (tertiary/aromatic N) is 2. The van der Waals surface area contributed by atoms with Crippen molar-refractivity contribution in [2.75, 3.05) is 5.75 Å². The molecule has 2 unspecified atom stereocenters. The van der Waals surface area contributed by atoms with Crippen LogP contribution in [0.1, 0.15) is 25.7 Å². The molecule has 1 aliphatic carbocycles. The number of aromatic nitrogens is 1. The Bertz CT molecular complexity index is 401. The van der Waals surface area contributed by atoms with Gasteiger partial charge in [0.05, 0.1) is 6.07 Å². The molecule has 0 aromatic carbocycles. The van der Waals surface area contributed by atoms with Crippen molar-refractivity contribution in [2.24, 2.45) is 11.7 Å². The number of rotatable bonds is 4. The SMILES string of the molecule is N#CC1(N)CCCC1CCSc1ccncc1. The van der Waals surface area contributed by atoms with Crippen LogP contribution in [0.15, 0.2) is 29.4 Å². The maximum absolute atomic E-state index is 9.12. The van der Waals surface area contributed by atoms with E-state index < -0.39 is 5.54 Å². The molecule has 17 heavy (non-hydrogen) atoms. The Morgan fingerprint density at radius 2 is 2.29 bits per heavy atom. The third kappa shape index (κ3) is 2.99. The van der Waals surface area contributed by atoms with Crippen LogP contribution < -0.4 is 5.73 Å². The highest BCUT2D eigenvalue weighted by Gasteiger charge is 2.39. The zero-order valence-corrected chi connectivity index (χ0v) is 10.6. The first-order chi connectivity index (χ1) is 8.24. The third-order valence-corrected chi connectivity index (χ3v) is 4.51. The first kappa shape index (κ1) is 12.4. The van der Waals surface area contributed by atoms with Gasteiger partial charge in [-0.15, -0.1) is 11.8 Å². The molecule has 4 heteroatoms. The smallest absolute Gasteiger partial charge is 0.107 e. The zero-order valence-electron chi connectivity index (χ0n) is 9.80. The van der Waals surface area contributed by atoms with E-state index in [9.17, 15) is 0 Å². The molecule has 1 fully saturated rings.